The Labute approximate surface area is 125 Å². The lowest BCUT2D eigenvalue weighted by Crippen LogP contribution is -2.49. The van der Waals surface area contributed by atoms with Crippen molar-refractivity contribution in [2.45, 2.75) is 19.4 Å². The van der Waals surface area contributed by atoms with Crippen LogP contribution >= 0.6 is 11.6 Å². The van der Waals surface area contributed by atoms with E-state index in [-0.39, 0.29) is 6.04 Å². The quantitative estimate of drug-likeness (QED) is 0.931. The summed E-state index contributed by atoms with van der Waals surface area (Å²) in [6, 6.07) is 6.91. The number of rotatable bonds is 3. The molecule has 110 valence electrons. The van der Waals surface area contributed by atoms with Crippen molar-refractivity contribution in [1.29, 1.82) is 0 Å². The molecule has 20 heavy (non-hydrogen) atoms. The van der Waals surface area contributed by atoms with E-state index in [9.17, 15) is 8.42 Å². The van der Waals surface area contributed by atoms with Crippen LogP contribution in [0.25, 0.3) is 6.08 Å². The van der Waals surface area contributed by atoms with Crippen molar-refractivity contribution < 1.29 is 8.42 Å². The summed E-state index contributed by atoms with van der Waals surface area (Å²) in [4.78, 5) is 0. The van der Waals surface area contributed by atoms with Crippen LogP contribution < -0.4 is 5.73 Å². The molecule has 0 saturated carbocycles. The maximum atomic E-state index is 12.2. The van der Waals surface area contributed by atoms with E-state index in [2.05, 4.69) is 6.92 Å². The van der Waals surface area contributed by atoms with E-state index in [0.717, 1.165) is 12.0 Å². The van der Waals surface area contributed by atoms with Crippen LogP contribution in [-0.4, -0.2) is 31.9 Å². The Bertz CT molecular complexity index is 584. The standard InChI is InChI=1S/C14H19ClN2O2S/c1-11-6-8-17(10-14(11)16)20(18,19)9-7-12-2-4-13(15)5-3-12/h2-5,7,9,11,14H,6,8,10,16H2,1H3. The van der Waals surface area contributed by atoms with E-state index in [0.29, 0.717) is 24.0 Å². The number of nitrogens with two attached hydrogens (primary N) is 1. The summed E-state index contributed by atoms with van der Waals surface area (Å²) < 4.78 is 25.9. The molecule has 1 aliphatic rings. The molecule has 0 radical (unpaired) electrons. The number of nitrogens with zero attached hydrogens (tertiary/aromatic N) is 1. The predicted molar refractivity (Wildman–Crippen MR) is 82.7 cm³/mol. The first kappa shape index (κ1) is 15.5. The summed E-state index contributed by atoms with van der Waals surface area (Å²) in [5, 5.41) is 1.86. The van der Waals surface area contributed by atoms with E-state index >= 15 is 0 Å². The average Bonchev–Trinajstić information content (AvgIpc) is 2.41. The van der Waals surface area contributed by atoms with Crippen molar-refractivity contribution >= 4 is 27.7 Å². The lowest BCUT2D eigenvalue weighted by atomic mass is 9.96. The zero-order valence-electron chi connectivity index (χ0n) is 11.4. The molecule has 1 saturated heterocycles. The van der Waals surface area contributed by atoms with E-state index < -0.39 is 10.0 Å². The van der Waals surface area contributed by atoms with Crippen LogP contribution in [0.2, 0.25) is 5.02 Å². The van der Waals surface area contributed by atoms with Gasteiger partial charge in [-0.15, -0.1) is 0 Å². The van der Waals surface area contributed by atoms with Gasteiger partial charge in [-0.2, -0.15) is 4.31 Å². The van der Waals surface area contributed by atoms with Gasteiger partial charge in [-0.25, -0.2) is 8.42 Å². The van der Waals surface area contributed by atoms with E-state index in [1.807, 2.05) is 0 Å². The Morgan fingerprint density at radius 3 is 2.60 bits per heavy atom. The van der Waals surface area contributed by atoms with Gasteiger partial charge in [0.2, 0.25) is 10.0 Å². The van der Waals surface area contributed by atoms with Crippen LogP contribution in [0.1, 0.15) is 18.9 Å². The molecule has 0 aromatic heterocycles. The molecule has 0 amide bonds. The lowest BCUT2D eigenvalue weighted by Gasteiger charge is -2.33. The Balaban J connectivity index is 2.09. The molecule has 4 nitrogen and oxygen atoms in total. The molecule has 6 heteroatoms. The minimum Gasteiger partial charge on any atom is -0.326 e. The average molecular weight is 315 g/mol. The number of sulfonamides is 1. The first-order valence-corrected chi connectivity index (χ1v) is 8.46. The normalized spacial score (nSPS) is 25.1. The van der Waals surface area contributed by atoms with Crippen molar-refractivity contribution in [3.63, 3.8) is 0 Å². The van der Waals surface area contributed by atoms with Gasteiger partial charge >= 0.3 is 0 Å². The lowest BCUT2D eigenvalue weighted by molar-refractivity contribution is 0.255. The van der Waals surface area contributed by atoms with E-state index in [4.69, 9.17) is 17.3 Å². The summed E-state index contributed by atoms with van der Waals surface area (Å²) in [6.07, 6.45) is 2.38. The van der Waals surface area contributed by atoms with Crippen LogP contribution in [0.5, 0.6) is 0 Å². The molecule has 1 aromatic rings. The molecule has 2 atom stereocenters. The van der Waals surface area contributed by atoms with Gasteiger partial charge in [-0.05, 0) is 36.1 Å². The molecule has 0 aliphatic carbocycles. The highest BCUT2D eigenvalue weighted by atomic mass is 35.5. The SMILES string of the molecule is CC1CCN(S(=O)(=O)C=Cc2ccc(Cl)cc2)CC1N. The Kier molecular flexibility index (Phi) is 4.86. The molecule has 0 spiro atoms. The number of benzene rings is 1. The van der Waals surface area contributed by atoms with Crippen molar-refractivity contribution in [3.8, 4) is 0 Å². The van der Waals surface area contributed by atoms with Gasteiger partial charge < -0.3 is 5.73 Å². The molecule has 1 fully saturated rings. The maximum absolute atomic E-state index is 12.2. The number of hydrogen-bond acceptors (Lipinski definition) is 3. The monoisotopic (exact) mass is 314 g/mol. The zero-order chi connectivity index (χ0) is 14.8. The summed E-state index contributed by atoms with van der Waals surface area (Å²) >= 11 is 5.79. The minimum absolute atomic E-state index is 0.0949. The molecular weight excluding hydrogens is 296 g/mol. The largest absolute Gasteiger partial charge is 0.326 e. The third kappa shape index (κ3) is 3.82. The maximum Gasteiger partial charge on any atom is 0.236 e. The fraction of sp³-hybridized carbons (Fsp3) is 0.429. The Morgan fingerprint density at radius 1 is 1.35 bits per heavy atom. The van der Waals surface area contributed by atoms with Gasteiger partial charge in [0.15, 0.2) is 0 Å². The van der Waals surface area contributed by atoms with Gasteiger partial charge in [0.1, 0.15) is 0 Å². The van der Waals surface area contributed by atoms with Crippen LogP contribution in [0.3, 0.4) is 0 Å². The highest BCUT2D eigenvalue weighted by Crippen LogP contribution is 2.19. The molecule has 2 rings (SSSR count). The van der Waals surface area contributed by atoms with Crippen molar-refractivity contribution in [2.24, 2.45) is 11.7 Å². The van der Waals surface area contributed by atoms with E-state index in [1.54, 1.807) is 30.3 Å². The van der Waals surface area contributed by atoms with Crippen LogP contribution in [-0.2, 0) is 10.0 Å². The van der Waals surface area contributed by atoms with Gasteiger partial charge in [0, 0.05) is 29.6 Å². The molecule has 1 aliphatic heterocycles. The highest BCUT2D eigenvalue weighted by molar-refractivity contribution is 7.92. The van der Waals surface area contributed by atoms with Gasteiger partial charge in [0.25, 0.3) is 0 Å². The van der Waals surface area contributed by atoms with Crippen molar-refractivity contribution in [2.75, 3.05) is 13.1 Å². The highest BCUT2D eigenvalue weighted by Gasteiger charge is 2.29. The topological polar surface area (TPSA) is 63.4 Å². The van der Waals surface area contributed by atoms with Crippen LogP contribution in [0.4, 0.5) is 0 Å². The summed E-state index contributed by atoms with van der Waals surface area (Å²) in [5.41, 5.74) is 6.74. The summed E-state index contributed by atoms with van der Waals surface area (Å²) in [7, 11) is -3.41. The molecule has 1 heterocycles. The summed E-state index contributed by atoms with van der Waals surface area (Å²) in [5.74, 6) is 0.363. The number of hydrogen-bond donors (Lipinski definition) is 1. The Hall–Kier alpha value is -0.880. The third-order valence-electron chi connectivity index (χ3n) is 3.64. The first-order chi connectivity index (χ1) is 9.38. The molecule has 2 N–H and O–H groups in total. The van der Waals surface area contributed by atoms with Crippen LogP contribution in [0, 0.1) is 5.92 Å². The van der Waals surface area contributed by atoms with Gasteiger partial charge in [0.05, 0.1) is 0 Å². The Morgan fingerprint density at radius 2 is 2.00 bits per heavy atom. The second-order valence-corrected chi connectivity index (χ2v) is 7.44. The second-order valence-electron chi connectivity index (χ2n) is 5.19. The van der Waals surface area contributed by atoms with Crippen molar-refractivity contribution in [1.82, 2.24) is 4.31 Å². The van der Waals surface area contributed by atoms with Gasteiger partial charge in [-0.3, -0.25) is 0 Å². The second kappa shape index (κ2) is 6.26. The fourth-order valence-electron chi connectivity index (χ4n) is 2.12. The van der Waals surface area contributed by atoms with Crippen molar-refractivity contribution in [3.05, 3.63) is 40.3 Å². The smallest absolute Gasteiger partial charge is 0.236 e. The number of halogens is 1. The first-order valence-electron chi connectivity index (χ1n) is 6.58. The third-order valence-corrected chi connectivity index (χ3v) is 5.42. The molecule has 2 unspecified atom stereocenters. The zero-order valence-corrected chi connectivity index (χ0v) is 12.9. The van der Waals surface area contributed by atoms with E-state index in [1.165, 1.54) is 9.71 Å². The minimum atomic E-state index is -3.41. The molecular formula is C14H19ClN2O2S. The van der Waals surface area contributed by atoms with Gasteiger partial charge in [-0.1, -0.05) is 30.7 Å². The predicted octanol–water partition coefficient (Wildman–Crippen LogP) is 2.31. The number of piperidine rings is 1. The molecule has 0 bridgehead atoms. The fourth-order valence-corrected chi connectivity index (χ4v) is 3.49. The van der Waals surface area contributed by atoms with Crippen LogP contribution in [0.15, 0.2) is 29.7 Å². The summed E-state index contributed by atoms with van der Waals surface area (Å²) in [6.45, 7) is 2.97. The molecule has 1 aromatic carbocycles.